The third-order valence-electron chi connectivity index (χ3n) is 8.97. The van der Waals surface area contributed by atoms with Crippen molar-refractivity contribution in [2.75, 3.05) is 10.6 Å². The van der Waals surface area contributed by atoms with Gasteiger partial charge in [-0.25, -0.2) is 0 Å². The van der Waals surface area contributed by atoms with Gasteiger partial charge in [0.05, 0.1) is 32.5 Å². The van der Waals surface area contributed by atoms with Gasteiger partial charge >= 0.3 is 6.01 Å². The molecule has 0 saturated carbocycles. The van der Waals surface area contributed by atoms with Crippen molar-refractivity contribution in [3.05, 3.63) is 108 Å². The summed E-state index contributed by atoms with van der Waals surface area (Å²) in [4.78, 5) is 9.22. The van der Waals surface area contributed by atoms with Crippen molar-refractivity contribution in [2.24, 2.45) is 20.5 Å². The van der Waals surface area contributed by atoms with E-state index >= 15 is 0 Å². The molecule has 0 fully saturated rings. The molecule has 7 N–H and O–H groups in total. The van der Waals surface area contributed by atoms with Gasteiger partial charge in [-0.05, 0) is 121 Å². The lowest BCUT2D eigenvalue weighted by Crippen LogP contribution is -2.04. The quantitative estimate of drug-likeness (QED) is 0.0453. The number of nitrogens with zero attached hydrogens (tertiary/aromatic N) is 7. The number of hydrogen-bond acceptors (Lipinski definition) is 18. The summed E-state index contributed by atoms with van der Waals surface area (Å²) in [5.74, 6) is -0.0729. The van der Waals surface area contributed by atoms with Crippen LogP contribution in [-0.2, 0) is 40.5 Å². The molecule has 0 spiro atoms. The van der Waals surface area contributed by atoms with Crippen molar-refractivity contribution in [3.8, 4) is 6.01 Å². The first-order valence-corrected chi connectivity index (χ1v) is 23.3. The van der Waals surface area contributed by atoms with Crippen LogP contribution in [0.25, 0.3) is 21.5 Å². The van der Waals surface area contributed by atoms with E-state index in [0.29, 0.717) is 46.0 Å². The summed E-state index contributed by atoms with van der Waals surface area (Å²) >= 11 is 0. The van der Waals surface area contributed by atoms with E-state index in [1.54, 1.807) is 50.2 Å². The van der Waals surface area contributed by atoms with Crippen LogP contribution < -0.4 is 10.6 Å². The molecule has 7 aromatic rings. The average Bonchev–Trinajstić information content (AvgIpc) is 3.17. The molecule has 0 aliphatic carbocycles. The van der Waals surface area contributed by atoms with Gasteiger partial charge in [0, 0.05) is 22.1 Å². The van der Waals surface area contributed by atoms with Gasteiger partial charge in [-0.2, -0.15) is 69.1 Å². The minimum Gasteiger partial charge on any atom is -0.479 e. The number of nitrogens with one attached hydrogen (secondary N) is 2. The third kappa shape index (κ3) is 10.2. The summed E-state index contributed by atoms with van der Waals surface area (Å²) in [6, 6.07) is 20.6. The van der Waals surface area contributed by atoms with Crippen molar-refractivity contribution in [2.45, 2.75) is 33.4 Å². The average molecular weight is 936 g/mol. The van der Waals surface area contributed by atoms with Crippen LogP contribution in [0, 0.1) is 13.8 Å². The lowest BCUT2D eigenvalue weighted by Gasteiger charge is -2.10. The zero-order valence-corrected chi connectivity index (χ0v) is 35.3. The zero-order valence-electron chi connectivity index (χ0n) is 32.0. The number of rotatable bonds is 12. The summed E-state index contributed by atoms with van der Waals surface area (Å²) in [7, 11) is -19.4. The van der Waals surface area contributed by atoms with Crippen molar-refractivity contribution in [3.63, 3.8) is 0 Å². The van der Waals surface area contributed by atoms with Crippen LogP contribution in [0.2, 0.25) is 0 Å². The van der Waals surface area contributed by atoms with Gasteiger partial charge in [-0.3, -0.25) is 18.2 Å². The Balaban J connectivity index is 1.05. The van der Waals surface area contributed by atoms with Crippen molar-refractivity contribution >= 4 is 108 Å². The molecule has 0 radical (unpaired) electrons. The second kappa shape index (κ2) is 16.4. The highest BCUT2D eigenvalue weighted by molar-refractivity contribution is 7.87. The molecule has 7 rings (SSSR count). The third-order valence-corrected chi connectivity index (χ3v) is 12.4. The monoisotopic (exact) mass is 935 g/mol. The number of anilines is 4. The molecule has 63 heavy (non-hydrogen) atoms. The van der Waals surface area contributed by atoms with Gasteiger partial charge in [0.25, 0.3) is 40.5 Å². The first-order chi connectivity index (χ1) is 29.4. The number of aromatic hydroxyl groups is 1. The lowest BCUT2D eigenvalue weighted by molar-refractivity contribution is 0.430. The van der Waals surface area contributed by atoms with Crippen molar-refractivity contribution in [1.29, 1.82) is 0 Å². The number of fused-ring (bicyclic) bond motifs is 2. The normalized spacial score (nSPS) is 12.7. The Kier molecular flexibility index (Phi) is 11.5. The van der Waals surface area contributed by atoms with Gasteiger partial charge in [0.15, 0.2) is 0 Å². The molecular formula is C37H29N9O13S4. The number of aromatic nitrogens is 3. The zero-order chi connectivity index (χ0) is 45.6. The van der Waals surface area contributed by atoms with Gasteiger partial charge in [-0.15, -0.1) is 0 Å². The standard InChI is InChI=1S/C37H29N9O13S4/c1-19-11-23(7-9-31(19)45-43-25-5-3-21-13-27(60(48,49)50)17-33(29(21)15-25)62(54,55)56)38-35-40-36(42-37(47)41-35)39-24-8-10-32(20(2)12-24)46-44-26-6-4-22-14-28(61(51,52)53)18-34(30(22)16-26)63(57,58)59/h3-18H,1-2H3,(H,48,49,50)(H,51,52,53)(H,54,55,56)(H,57,58,59)(H3,38,39,40,41,42,47)/b45-43+,46-44+. The Morgan fingerprint density at radius 2 is 0.857 bits per heavy atom. The molecule has 0 aliphatic rings. The molecule has 0 bridgehead atoms. The molecule has 6 aromatic carbocycles. The second-order valence-corrected chi connectivity index (χ2v) is 19.1. The van der Waals surface area contributed by atoms with Gasteiger partial charge in [-0.1, -0.05) is 12.1 Å². The molecular weight excluding hydrogens is 907 g/mol. The van der Waals surface area contributed by atoms with E-state index in [2.05, 4.69) is 46.0 Å². The fourth-order valence-corrected chi connectivity index (χ4v) is 8.76. The number of benzene rings is 6. The summed E-state index contributed by atoms with van der Waals surface area (Å²) in [6.07, 6.45) is 0. The Hall–Kier alpha value is -6.91. The number of hydrogen-bond donors (Lipinski definition) is 7. The second-order valence-electron chi connectivity index (χ2n) is 13.5. The SMILES string of the molecule is Cc1cc(Nc2nc(O)nc(Nc3ccc(/N=N/c4ccc5cc(S(=O)(=O)O)cc(S(=O)(=O)O)c5c4)c(C)c3)n2)ccc1/N=N/c1ccc2cc(S(=O)(=O)O)cc(S(=O)(=O)O)c2c1. The molecule has 0 amide bonds. The first-order valence-electron chi connectivity index (χ1n) is 17.5. The van der Waals surface area contributed by atoms with E-state index in [-0.39, 0.29) is 44.8 Å². The van der Waals surface area contributed by atoms with E-state index < -0.39 is 66.1 Å². The van der Waals surface area contributed by atoms with Gasteiger partial charge < -0.3 is 15.7 Å². The van der Waals surface area contributed by atoms with Crippen LogP contribution in [0.1, 0.15) is 11.1 Å². The highest BCUT2D eigenvalue weighted by Crippen LogP contribution is 2.34. The summed E-state index contributed by atoms with van der Waals surface area (Å²) in [5.41, 5.74) is 3.31. The maximum absolute atomic E-state index is 12.1. The van der Waals surface area contributed by atoms with Gasteiger partial charge in [0.1, 0.15) is 9.79 Å². The Morgan fingerprint density at radius 3 is 1.21 bits per heavy atom. The maximum Gasteiger partial charge on any atom is 0.320 e. The van der Waals surface area contributed by atoms with Crippen LogP contribution in [-0.4, -0.2) is 71.9 Å². The highest BCUT2D eigenvalue weighted by Gasteiger charge is 2.22. The van der Waals surface area contributed by atoms with E-state index in [1.807, 2.05) is 0 Å². The Labute approximate surface area is 357 Å². The molecule has 0 aliphatic heterocycles. The number of azo groups is 2. The molecule has 324 valence electrons. The molecule has 0 saturated heterocycles. The largest absolute Gasteiger partial charge is 0.479 e. The van der Waals surface area contributed by atoms with Crippen molar-refractivity contribution in [1.82, 2.24) is 15.0 Å². The molecule has 22 nitrogen and oxygen atoms in total. The molecule has 26 heteroatoms. The van der Waals surface area contributed by atoms with E-state index in [9.17, 15) is 57.0 Å². The predicted octanol–water partition coefficient (Wildman–Crippen LogP) is 7.81. The van der Waals surface area contributed by atoms with Crippen LogP contribution in [0.4, 0.5) is 46.0 Å². The molecule has 0 atom stereocenters. The Morgan fingerprint density at radius 1 is 0.460 bits per heavy atom. The molecule has 0 unspecified atom stereocenters. The topological polar surface area (TPSA) is 350 Å². The summed E-state index contributed by atoms with van der Waals surface area (Å²) in [6.45, 7) is 3.45. The fraction of sp³-hybridized carbons (Fsp3) is 0.0541. The molecule has 1 heterocycles. The van der Waals surface area contributed by atoms with Crippen LogP contribution in [0.15, 0.2) is 137 Å². The Bertz CT molecular complexity index is 3340. The van der Waals surface area contributed by atoms with E-state index in [4.69, 9.17) is 0 Å². The minimum absolute atomic E-state index is 0.0365. The highest BCUT2D eigenvalue weighted by atomic mass is 32.2. The van der Waals surface area contributed by atoms with E-state index in [1.165, 1.54) is 36.4 Å². The van der Waals surface area contributed by atoms with Crippen LogP contribution in [0.5, 0.6) is 6.01 Å². The predicted molar refractivity (Wildman–Crippen MR) is 226 cm³/mol. The fourth-order valence-electron chi connectivity index (χ4n) is 6.07. The minimum atomic E-state index is -4.91. The summed E-state index contributed by atoms with van der Waals surface area (Å²) < 4.78 is 133. The van der Waals surface area contributed by atoms with Crippen molar-refractivity contribution < 1.29 is 57.0 Å². The molecule has 1 aromatic heterocycles. The number of aryl methyl sites for hydroxylation is 2. The van der Waals surface area contributed by atoms with Gasteiger partial charge in [0.2, 0.25) is 11.9 Å². The van der Waals surface area contributed by atoms with Crippen LogP contribution >= 0.6 is 0 Å². The lowest BCUT2D eigenvalue weighted by atomic mass is 10.1. The first kappa shape index (κ1) is 44.2. The van der Waals surface area contributed by atoms with Crippen LogP contribution in [0.3, 0.4) is 0 Å². The maximum atomic E-state index is 12.1. The smallest absolute Gasteiger partial charge is 0.320 e. The summed E-state index contributed by atoms with van der Waals surface area (Å²) in [5, 5.41) is 33.0. The van der Waals surface area contributed by atoms with E-state index in [0.717, 1.165) is 12.1 Å².